The Morgan fingerprint density at radius 1 is 0.971 bits per heavy atom. The van der Waals surface area contributed by atoms with Gasteiger partial charge in [0.1, 0.15) is 18.4 Å². The molecule has 3 aromatic rings. The number of benzene rings is 3. The number of ether oxygens (including phenoxy) is 1. The number of hydrogen-bond acceptors (Lipinski definition) is 4. The molecule has 0 saturated heterocycles. The molecule has 0 aliphatic carbocycles. The molecule has 1 aliphatic rings. The van der Waals surface area contributed by atoms with Crippen LogP contribution < -0.4 is 9.64 Å². The van der Waals surface area contributed by atoms with Gasteiger partial charge in [0, 0.05) is 25.3 Å². The highest BCUT2D eigenvalue weighted by Crippen LogP contribution is 2.26. The van der Waals surface area contributed by atoms with E-state index in [-0.39, 0.29) is 0 Å². The molecule has 5 heteroatoms. The summed E-state index contributed by atoms with van der Waals surface area (Å²) >= 11 is 0. The molecule has 0 spiro atoms. The van der Waals surface area contributed by atoms with Crippen molar-refractivity contribution in [2.24, 2.45) is 0 Å². The molecule has 34 heavy (non-hydrogen) atoms. The lowest BCUT2D eigenvalue weighted by Crippen LogP contribution is -2.39. The highest BCUT2D eigenvalue weighted by atomic mass is 16.5. The van der Waals surface area contributed by atoms with Crippen molar-refractivity contribution in [3.8, 4) is 5.75 Å². The van der Waals surface area contributed by atoms with Gasteiger partial charge in [-0.2, -0.15) is 0 Å². The van der Waals surface area contributed by atoms with Crippen LogP contribution in [0.2, 0.25) is 0 Å². The zero-order valence-electron chi connectivity index (χ0n) is 19.9. The Bertz CT molecular complexity index is 1050. The molecule has 0 bridgehead atoms. The molecule has 0 amide bonds. The van der Waals surface area contributed by atoms with Crippen LogP contribution in [0.15, 0.2) is 78.9 Å². The lowest BCUT2D eigenvalue weighted by molar-refractivity contribution is -0.144. The number of carboxylic acid groups (broad SMARTS) is 1. The number of para-hydroxylation sites is 1. The van der Waals surface area contributed by atoms with E-state index in [1.54, 1.807) is 0 Å². The van der Waals surface area contributed by atoms with E-state index in [4.69, 9.17) is 4.74 Å². The van der Waals surface area contributed by atoms with Crippen LogP contribution >= 0.6 is 0 Å². The average Bonchev–Trinajstić information content (AvgIpc) is 2.86. The van der Waals surface area contributed by atoms with Crippen LogP contribution in [-0.2, 0) is 24.3 Å². The molecule has 0 fully saturated rings. The second kappa shape index (κ2) is 11.7. The summed E-state index contributed by atoms with van der Waals surface area (Å²) in [6.07, 6.45) is 2.89. The minimum Gasteiger partial charge on any atom is -0.492 e. The third-order valence-corrected chi connectivity index (χ3v) is 6.49. The van der Waals surface area contributed by atoms with Crippen LogP contribution in [0, 0.1) is 0 Å². The highest BCUT2D eigenvalue weighted by molar-refractivity contribution is 5.73. The number of nitrogens with zero attached hydrogens (tertiary/aromatic N) is 2. The van der Waals surface area contributed by atoms with Crippen LogP contribution in [0.1, 0.15) is 36.5 Å². The molecule has 4 rings (SSSR count). The van der Waals surface area contributed by atoms with Gasteiger partial charge in [0.15, 0.2) is 0 Å². The lowest BCUT2D eigenvalue weighted by Gasteiger charge is -2.31. The summed E-state index contributed by atoms with van der Waals surface area (Å²) in [5.41, 5.74) is 4.94. The molecule has 1 heterocycles. The zero-order chi connectivity index (χ0) is 23.8. The van der Waals surface area contributed by atoms with Crippen molar-refractivity contribution in [3.63, 3.8) is 0 Å². The first-order chi connectivity index (χ1) is 16.6. The van der Waals surface area contributed by atoms with Crippen LogP contribution in [0.4, 0.5) is 5.69 Å². The molecule has 0 aromatic heterocycles. The Morgan fingerprint density at radius 2 is 1.65 bits per heavy atom. The molecule has 0 saturated carbocycles. The summed E-state index contributed by atoms with van der Waals surface area (Å²) in [6.45, 7) is 5.66. The standard InChI is InChI=1S/C29H34N2O3/c1-2-27(29(32)33)31(21-23-9-4-3-5-10-23)22-24-14-16-26(17-15-24)34-20-19-30-18-8-12-25-11-6-7-13-28(25)30/h3-7,9-11,13-17,27H,2,8,12,18-22H2,1H3,(H,32,33). The van der Waals surface area contributed by atoms with E-state index in [1.165, 1.54) is 17.7 Å². The summed E-state index contributed by atoms with van der Waals surface area (Å²) < 4.78 is 6.04. The summed E-state index contributed by atoms with van der Waals surface area (Å²) in [5.74, 6) is 0.0617. The van der Waals surface area contributed by atoms with Gasteiger partial charge in [0.05, 0.1) is 6.54 Å². The summed E-state index contributed by atoms with van der Waals surface area (Å²) in [4.78, 5) is 16.3. The number of hydrogen-bond donors (Lipinski definition) is 1. The molecule has 178 valence electrons. The van der Waals surface area contributed by atoms with Crippen molar-refractivity contribution in [3.05, 3.63) is 95.6 Å². The minimum absolute atomic E-state index is 0.524. The third-order valence-electron chi connectivity index (χ3n) is 6.49. The van der Waals surface area contributed by atoms with Crippen LogP contribution in [0.3, 0.4) is 0 Å². The maximum absolute atomic E-state index is 11.9. The van der Waals surface area contributed by atoms with Crippen LogP contribution in [0.5, 0.6) is 5.75 Å². The minimum atomic E-state index is -0.780. The van der Waals surface area contributed by atoms with Gasteiger partial charge in [-0.3, -0.25) is 9.69 Å². The van der Waals surface area contributed by atoms with Crippen molar-refractivity contribution < 1.29 is 14.6 Å². The molecule has 1 aliphatic heterocycles. The Kier molecular flexibility index (Phi) is 8.21. The van der Waals surface area contributed by atoms with Gasteiger partial charge in [-0.15, -0.1) is 0 Å². The van der Waals surface area contributed by atoms with E-state index in [9.17, 15) is 9.90 Å². The van der Waals surface area contributed by atoms with Crippen molar-refractivity contribution in [2.45, 2.75) is 45.3 Å². The number of carboxylic acids is 1. The summed E-state index contributed by atoms with van der Waals surface area (Å²) in [7, 11) is 0. The first kappa shape index (κ1) is 23.8. The topological polar surface area (TPSA) is 53.0 Å². The van der Waals surface area contributed by atoms with E-state index in [0.717, 1.165) is 36.4 Å². The van der Waals surface area contributed by atoms with E-state index < -0.39 is 12.0 Å². The fraction of sp³-hybridized carbons (Fsp3) is 0.345. The Labute approximate surface area is 202 Å². The number of rotatable bonds is 11. The molecule has 1 N–H and O–H groups in total. The van der Waals surface area contributed by atoms with Gasteiger partial charge in [0.2, 0.25) is 0 Å². The van der Waals surface area contributed by atoms with E-state index in [2.05, 4.69) is 29.2 Å². The van der Waals surface area contributed by atoms with E-state index in [0.29, 0.717) is 26.1 Å². The second-order valence-corrected chi connectivity index (χ2v) is 8.86. The predicted molar refractivity (Wildman–Crippen MR) is 136 cm³/mol. The third kappa shape index (κ3) is 6.17. The van der Waals surface area contributed by atoms with Crippen molar-refractivity contribution in [1.82, 2.24) is 4.90 Å². The highest BCUT2D eigenvalue weighted by Gasteiger charge is 2.24. The number of anilines is 1. The molecule has 3 aromatic carbocycles. The fourth-order valence-electron chi connectivity index (χ4n) is 4.73. The fourth-order valence-corrected chi connectivity index (χ4v) is 4.73. The monoisotopic (exact) mass is 458 g/mol. The molecular formula is C29H34N2O3. The quantitative estimate of drug-likeness (QED) is 0.418. The van der Waals surface area contributed by atoms with Crippen molar-refractivity contribution >= 4 is 11.7 Å². The largest absolute Gasteiger partial charge is 0.492 e. The number of carbonyl (C=O) groups is 1. The molecule has 0 radical (unpaired) electrons. The number of fused-ring (bicyclic) bond motifs is 1. The van der Waals surface area contributed by atoms with Gasteiger partial charge in [-0.1, -0.05) is 67.6 Å². The molecule has 1 unspecified atom stereocenters. The van der Waals surface area contributed by atoms with Gasteiger partial charge in [-0.25, -0.2) is 0 Å². The zero-order valence-corrected chi connectivity index (χ0v) is 19.9. The maximum atomic E-state index is 11.9. The normalized spacial score (nSPS) is 14.0. The van der Waals surface area contributed by atoms with E-state index >= 15 is 0 Å². The molecule has 5 nitrogen and oxygen atoms in total. The smallest absolute Gasteiger partial charge is 0.320 e. The average molecular weight is 459 g/mol. The van der Waals surface area contributed by atoms with Crippen LogP contribution in [-0.4, -0.2) is 41.7 Å². The predicted octanol–water partition coefficient (Wildman–Crippen LogP) is 5.38. The SMILES string of the molecule is CCC(C(=O)O)N(Cc1ccccc1)Cc1ccc(OCCN2CCCc3ccccc32)cc1. The molecular weight excluding hydrogens is 424 g/mol. The Hall–Kier alpha value is -3.31. The lowest BCUT2D eigenvalue weighted by atomic mass is 10.0. The maximum Gasteiger partial charge on any atom is 0.320 e. The van der Waals surface area contributed by atoms with Crippen molar-refractivity contribution in [2.75, 3.05) is 24.6 Å². The van der Waals surface area contributed by atoms with Gasteiger partial charge >= 0.3 is 5.97 Å². The number of aliphatic carboxylic acids is 1. The Balaban J connectivity index is 1.35. The van der Waals surface area contributed by atoms with Crippen LogP contribution in [0.25, 0.3) is 0 Å². The first-order valence-electron chi connectivity index (χ1n) is 12.2. The van der Waals surface area contributed by atoms with Gasteiger partial charge < -0.3 is 14.7 Å². The second-order valence-electron chi connectivity index (χ2n) is 8.86. The summed E-state index contributed by atoms with van der Waals surface area (Å²) in [6, 6.07) is 26.2. The van der Waals surface area contributed by atoms with Crippen molar-refractivity contribution in [1.29, 1.82) is 0 Å². The van der Waals surface area contributed by atoms with Gasteiger partial charge in [0.25, 0.3) is 0 Å². The van der Waals surface area contributed by atoms with Gasteiger partial charge in [-0.05, 0) is 54.2 Å². The van der Waals surface area contributed by atoms with E-state index in [1.807, 2.05) is 66.4 Å². The first-order valence-corrected chi connectivity index (χ1v) is 12.2. The molecule has 1 atom stereocenters. The number of aryl methyl sites for hydroxylation is 1. The Morgan fingerprint density at radius 3 is 2.35 bits per heavy atom. The summed E-state index contributed by atoms with van der Waals surface area (Å²) in [5, 5.41) is 9.74.